The normalized spacial score (nSPS) is 21.1. The van der Waals surface area contributed by atoms with Gasteiger partial charge in [-0.15, -0.1) is 0 Å². The Morgan fingerprint density at radius 2 is 1.42 bits per heavy atom. The minimum atomic E-state index is -0.150. The van der Waals surface area contributed by atoms with Crippen LogP contribution in [0.5, 0.6) is 0 Å². The van der Waals surface area contributed by atoms with Gasteiger partial charge in [-0.2, -0.15) is 4.99 Å². The molecule has 3 aliphatic heterocycles. The highest BCUT2D eigenvalue weighted by molar-refractivity contribution is 6.09. The second-order valence-electron chi connectivity index (χ2n) is 8.34. The summed E-state index contributed by atoms with van der Waals surface area (Å²) in [6, 6.07) is 19.2. The quantitative estimate of drug-likeness (QED) is 0.742. The van der Waals surface area contributed by atoms with Gasteiger partial charge in [0.25, 0.3) is 0 Å². The number of benzene rings is 2. The van der Waals surface area contributed by atoms with Crippen LogP contribution in [-0.2, 0) is 0 Å². The molecule has 158 valence electrons. The van der Waals surface area contributed by atoms with Crippen molar-refractivity contribution in [2.45, 2.75) is 26.9 Å². The Morgan fingerprint density at radius 3 is 2.13 bits per heavy atom. The van der Waals surface area contributed by atoms with E-state index in [2.05, 4.69) is 89.2 Å². The number of para-hydroxylation sites is 1. The van der Waals surface area contributed by atoms with E-state index in [1.807, 2.05) is 6.92 Å². The fourth-order valence-corrected chi connectivity index (χ4v) is 4.36. The van der Waals surface area contributed by atoms with Crippen LogP contribution in [-0.4, -0.2) is 53.6 Å². The zero-order valence-corrected chi connectivity index (χ0v) is 18.4. The van der Waals surface area contributed by atoms with Crippen LogP contribution in [0.4, 0.5) is 5.69 Å². The van der Waals surface area contributed by atoms with Crippen molar-refractivity contribution in [2.24, 2.45) is 15.0 Å². The fourth-order valence-electron chi connectivity index (χ4n) is 4.36. The van der Waals surface area contributed by atoms with E-state index in [0.717, 1.165) is 55.1 Å². The lowest BCUT2D eigenvalue weighted by Crippen LogP contribution is -2.50. The van der Waals surface area contributed by atoms with E-state index >= 15 is 0 Å². The molecule has 5 rings (SSSR count). The van der Waals surface area contributed by atoms with Crippen molar-refractivity contribution >= 4 is 23.3 Å². The highest BCUT2D eigenvalue weighted by atomic mass is 15.5. The lowest BCUT2D eigenvalue weighted by molar-refractivity contribution is 0.345. The first kappa shape index (κ1) is 19.5. The number of aryl methyl sites for hydroxylation is 1. The van der Waals surface area contributed by atoms with Gasteiger partial charge < -0.3 is 9.80 Å². The SMILES string of the molecule is CC1=CC(C)=NC2=NC(N3CCN(c4ccccc4)CC3)=N[C@H](c3ccc(C)cc3)N12. The second-order valence-corrected chi connectivity index (χ2v) is 8.34. The summed E-state index contributed by atoms with van der Waals surface area (Å²) in [6.07, 6.45) is 1.95. The molecule has 0 amide bonds. The Kier molecular flexibility index (Phi) is 5.06. The van der Waals surface area contributed by atoms with Crippen molar-refractivity contribution in [3.63, 3.8) is 0 Å². The number of piperazine rings is 1. The molecule has 0 N–H and O–H groups in total. The first-order chi connectivity index (χ1) is 15.1. The predicted molar refractivity (Wildman–Crippen MR) is 128 cm³/mol. The number of hydrogen-bond donors (Lipinski definition) is 0. The monoisotopic (exact) mass is 412 g/mol. The molecule has 0 radical (unpaired) electrons. The molecule has 1 saturated heterocycles. The Morgan fingerprint density at radius 1 is 0.742 bits per heavy atom. The summed E-state index contributed by atoms with van der Waals surface area (Å²) in [5, 5.41) is 0. The largest absolute Gasteiger partial charge is 0.368 e. The molecule has 6 nitrogen and oxygen atoms in total. The standard InChI is InChI=1S/C25H28N6/c1-18-9-11-21(12-10-18)23-27-24(28-25-26-19(2)17-20(3)31(23)25)30-15-13-29(14-16-30)22-7-5-4-6-8-22/h4-12,17,23H,13-16H2,1-3H3/t23-/m0/s1. The molecule has 0 saturated carbocycles. The van der Waals surface area contributed by atoms with E-state index in [1.165, 1.54) is 11.3 Å². The van der Waals surface area contributed by atoms with E-state index in [9.17, 15) is 0 Å². The minimum Gasteiger partial charge on any atom is -0.368 e. The first-order valence-corrected chi connectivity index (χ1v) is 10.9. The van der Waals surface area contributed by atoms with Gasteiger partial charge in [-0.05, 0) is 44.5 Å². The Labute approximate surface area is 183 Å². The molecule has 6 heteroatoms. The van der Waals surface area contributed by atoms with E-state index in [4.69, 9.17) is 15.0 Å². The van der Waals surface area contributed by atoms with Gasteiger partial charge in [-0.1, -0.05) is 48.0 Å². The summed E-state index contributed by atoms with van der Waals surface area (Å²) in [7, 11) is 0. The van der Waals surface area contributed by atoms with Crippen LogP contribution in [0.3, 0.4) is 0 Å². The molecule has 1 atom stereocenters. The number of rotatable bonds is 2. The zero-order chi connectivity index (χ0) is 21.4. The third-order valence-corrected chi connectivity index (χ3v) is 6.03. The first-order valence-electron chi connectivity index (χ1n) is 10.9. The van der Waals surface area contributed by atoms with Gasteiger partial charge in [0.2, 0.25) is 11.9 Å². The smallest absolute Gasteiger partial charge is 0.235 e. The third kappa shape index (κ3) is 3.85. The molecule has 0 spiro atoms. The highest BCUT2D eigenvalue weighted by Gasteiger charge is 2.33. The van der Waals surface area contributed by atoms with Gasteiger partial charge >= 0.3 is 0 Å². The highest BCUT2D eigenvalue weighted by Crippen LogP contribution is 2.32. The molecule has 0 bridgehead atoms. The van der Waals surface area contributed by atoms with Crippen molar-refractivity contribution < 1.29 is 0 Å². The van der Waals surface area contributed by atoms with Gasteiger partial charge in [0.05, 0.1) is 0 Å². The summed E-state index contributed by atoms with van der Waals surface area (Å²) >= 11 is 0. The molecule has 0 aromatic heterocycles. The fraction of sp³-hybridized carbons (Fsp3) is 0.320. The Balaban J connectivity index is 1.43. The summed E-state index contributed by atoms with van der Waals surface area (Å²) in [4.78, 5) is 21.6. The molecule has 0 unspecified atom stereocenters. The van der Waals surface area contributed by atoms with Crippen LogP contribution in [0.1, 0.15) is 31.1 Å². The number of nitrogens with zero attached hydrogens (tertiary/aromatic N) is 6. The summed E-state index contributed by atoms with van der Waals surface area (Å²) < 4.78 is 0. The van der Waals surface area contributed by atoms with Crippen molar-refractivity contribution in [2.75, 3.05) is 31.1 Å². The van der Waals surface area contributed by atoms with Gasteiger partial charge in [-0.3, -0.25) is 4.90 Å². The van der Waals surface area contributed by atoms with E-state index in [0.29, 0.717) is 0 Å². The number of aliphatic imine (C=N–C) groups is 3. The van der Waals surface area contributed by atoms with Crippen LogP contribution < -0.4 is 4.90 Å². The second kappa shape index (κ2) is 8.02. The molecule has 3 aliphatic rings. The maximum Gasteiger partial charge on any atom is 0.235 e. The van der Waals surface area contributed by atoms with Crippen LogP contribution in [0, 0.1) is 6.92 Å². The van der Waals surface area contributed by atoms with Crippen LogP contribution in [0.25, 0.3) is 0 Å². The summed E-state index contributed by atoms with van der Waals surface area (Å²) in [5.74, 6) is 1.52. The predicted octanol–water partition coefficient (Wildman–Crippen LogP) is 4.22. The van der Waals surface area contributed by atoms with Crippen LogP contribution in [0.2, 0.25) is 0 Å². The Hall–Kier alpha value is -3.41. The minimum absolute atomic E-state index is 0.150. The van der Waals surface area contributed by atoms with Crippen molar-refractivity contribution in [1.29, 1.82) is 0 Å². The van der Waals surface area contributed by atoms with Crippen LogP contribution in [0.15, 0.2) is 81.3 Å². The Bertz CT molecular complexity index is 1070. The molecule has 0 aliphatic carbocycles. The van der Waals surface area contributed by atoms with Gasteiger partial charge in [-0.25, -0.2) is 9.98 Å². The molecule has 1 fully saturated rings. The van der Waals surface area contributed by atoms with Gasteiger partial charge in [0.1, 0.15) is 0 Å². The van der Waals surface area contributed by atoms with E-state index < -0.39 is 0 Å². The number of allylic oxidation sites excluding steroid dienone is 2. The molecular weight excluding hydrogens is 384 g/mol. The average molecular weight is 413 g/mol. The number of guanidine groups is 2. The molecule has 3 heterocycles. The van der Waals surface area contributed by atoms with E-state index in [1.54, 1.807) is 0 Å². The van der Waals surface area contributed by atoms with Gasteiger partial charge in [0.15, 0.2) is 6.17 Å². The molecule has 2 aromatic carbocycles. The van der Waals surface area contributed by atoms with Crippen molar-refractivity contribution in [1.82, 2.24) is 9.80 Å². The topological polar surface area (TPSA) is 46.8 Å². The maximum absolute atomic E-state index is 5.12. The van der Waals surface area contributed by atoms with E-state index in [-0.39, 0.29) is 6.17 Å². The lowest BCUT2D eigenvalue weighted by Gasteiger charge is -2.40. The lowest BCUT2D eigenvalue weighted by atomic mass is 10.1. The average Bonchev–Trinajstić information content (AvgIpc) is 2.79. The summed E-state index contributed by atoms with van der Waals surface area (Å²) in [6.45, 7) is 9.92. The number of hydrogen-bond acceptors (Lipinski definition) is 6. The summed E-state index contributed by atoms with van der Waals surface area (Å²) in [5.41, 5.74) is 5.77. The van der Waals surface area contributed by atoms with Crippen molar-refractivity contribution in [3.8, 4) is 0 Å². The molecular formula is C25H28N6. The maximum atomic E-state index is 5.12. The molecule has 2 aromatic rings. The van der Waals surface area contributed by atoms with Crippen molar-refractivity contribution in [3.05, 3.63) is 77.5 Å². The number of fused-ring (bicyclic) bond motifs is 1. The number of anilines is 1. The van der Waals surface area contributed by atoms with Crippen LogP contribution >= 0.6 is 0 Å². The third-order valence-electron chi connectivity index (χ3n) is 6.03. The molecule has 31 heavy (non-hydrogen) atoms. The van der Waals surface area contributed by atoms with Gasteiger partial charge in [0, 0.05) is 43.3 Å². The zero-order valence-electron chi connectivity index (χ0n) is 18.4.